The van der Waals surface area contributed by atoms with Crippen LogP contribution in [0.25, 0.3) is 0 Å². The molecule has 0 radical (unpaired) electrons. The number of urea groups is 1. The third kappa shape index (κ3) is 5.92. The molecule has 2 aromatic rings. The molecular formula is C17H22N4O4. The van der Waals surface area contributed by atoms with Crippen LogP contribution in [0.3, 0.4) is 0 Å². The van der Waals surface area contributed by atoms with Gasteiger partial charge in [-0.1, -0.05) is 12.1 Å². The number of carbonyl (C=O) groups excluding carboxylic acids is 1. The lowest BCUT2D eigenvalue weighted by Gasteiger charge is -2.10. The summed E-state index contributed by atoms with van der Waals surface area (Å²) in [6.07, 6.45) is 2.23. The van der Waals surface area contributed by atoms with Gasteiger partial charge in [0.2, 0.25) is 0 Å². The van der Waals surface area contributed by atoms with Crippen molar-refractivity contribution in [2.24, 2.45) is 0 Å². The first-order chi connectivity index (χ1) is 12.0. The van der Waals surface area contributed by atoms with Gasteiger partial charge >= 0.3 is 12.0 Å². The summed E-state index contributed by atoms with van der Waals surface area (Å²) in [5, 5.41) is 18.4. The number of amides is 2. The highest BCUT2D eigenvalue weighted by Crippen LogP contribution is 2.14. The Morgan fingerprint density at radius 2 is 2.12 bits per heavy atom. The van der Waals surface area contributed by atoms with Crippen molar-refractivity contribution < 1.29 is 19.4 Å². The molecule has 8 nitrogen and oxygen atoms in total. The number of carboxylic acid groups (broad SMARTS) is 1. The average molecular weight is 346 g/mol. The van der Waals surface area contributed by atoms with Gasteiger partial charge in [-0.2, -0.15) is 5.10 Å². The second-order valence-electron chi connectivity index (χ2n) is 5.66. The highest BCUT2D eigenvalue weighted by atomic mass is 16.5. The number of ether oxygens (including phenoxy) is 1. The van der Waals surface area contributed by atoms with Crippen LogP contribution in [0.5, 0.6) is 0 Å². The molecule has 134 valence electrons. The number of carboxylic acids is 1. The zero-order valence-electron chi connectivity index (χ0n) is 14.2. The van der Waals surface area contributed by atoms with Crippen molar-refractivity contribution >= 4 is 23.5 Å². The predicted octanol–water partition coefficient (Wildman–Crippen LogP) is 2.75. The number of nitrogens with one attached hydrogen (secondary N) is 2. The first-order valence-corrected chi connectivity index (χ1v) is 7.90. The van der Waals surface area contributed by atoms with Crippen LogP contribution in [0.2, 0.25) is 0 Å². The van der Waals surface area contributed by atoms with Crippen LogP contribution in [0.4, 0.5) is 16.3 Å². The monoisotopic (exact) mass is 346 g/mol. The zero-order valence-corrected chi connectivity index (χ0v) is 14.2. The van der Waals surface area contributed by atoms with E-state index in [0.29, 0.717) is 24.5 Å². The molecular weight excluding hydrogens is 324 g/mol. The van der Waals surface area contributed by atoms with Crippen molar-refractivity contribution in [3.8, 4) is 0 Å². The van der Waals surface area contributed by atoms with Crippen molar-refractivity contribution in [1.82, 2.24) is 9.78 Å². The molecule has 2 rings (SSSR count). The Morgan fingerprint density at radius 3 is 2.84 bits per heavy atom. The van der Waals surface area contributed by atoms with Gasteiger partial charge in [0.15, 0.2) is 5.82 Å². The lowest BCUT2D eigenvalue weighted by atomic mass is 10.1. The minimum Gasteiger partial charge on any atom is -0.481 e. The lowest BCUT2D eigenvalue weighted by molar-refractivity contribution is -0.136. The Kier molecular flexibility index (Phi) is 6.53. The molecule has 0 aliphatic rings. The average Bonchev–Trinajstić information content (AvgIpc) is 3.02. The fraction of sp³-hybridized carbons (Fsp3) is 0.353. The van der Waals surface area contributed by atoms with Gasteiger partial charge in [0.05, 0.1) is 12.6 Å². The fourth-order valence-corrected chi connectivity index (χ4v) is 2.30. The number of anilines is 2. The molecule has 0 aliphatic heterocycles. The van der Waals surface area contributed by atoms with E-state index >= 15 is 0 Å². The molecule has 1 aromatic carbocycles. The standard InChI is InChI=1S/C17H22N4O4/c1-12(11-25-2)21-9-8-15(20-21)19-17(24)18-14-5-3-4-13(10-14)6-7-16(22)23/h3-5,8-10,12H,6-7,11H2,1-2H3,(H,22,23)(H2,18,19,20,24). The van der Waals surface area contributed by atoms with E-state index in [0.717, 1.165) is 5.56 Å². The van der Waals surface area contributed by atoms with E-state index in [2.05, 4.69) is 15.7 Å². The molecule has 0 saturated heterocycles. The molecule has 1 heterocycles. The SMILES string of the molecule is COCC(C)n1ccc(NC(=O)Nc2cccc(CCC(=O)O)c2)n1. The van der Waals surface area contributed by atoms with Crippen LogP contribution in [0, 0.1) is 0 Å². The van der Waals surface area contributed by atoms with Crippen LogP contribution < -0.4 is 10.6 Å². The number of hydrogen-bond donors (Lipinski definition) is 3. The zero-order chi connectivity index (χ0) is 18.2. The number of carbonyl (C=O) groups is 2. The third-order valence-corrected chi connectivity index (χ3v) is 3.52. The van der Waals surface area contributed by atoms with E-state index in [-0.39, 0.29) is 12.5 Å². The summed E-state index contributed by atoms with van der Waals surface area (Å²) < 4.78 is 6.79. The normalized spacial score (nSPS) is 11.8. The van der Waals surface area contributed by atoms with Crippen molar-refractivity contribution in [3.63, 3.8) is 0 Å². The van der Waals surface area contributed by atoms with Crippen molar-refractivity contribution in [2.45, 2.75) is 25.8 Å². The number of aliphatic carboxylic acids is 1. The number of benzene rings is 1. The summed E-state index contributed by atoms with van der Waals surface area (Å²) >= 11 is 0. The van der Waals surface area contributed by atoms with Crippen LogP contribution in [0.15, 0.2) is 36.5 Å². The van der Waals surface area contributed by atoms with Crippen LogP contribution >= 0.6 is 0 Å². The fourth-order valence-electron chi connectivity index (χ4n) is 2.30. The van der Waals surface area contributed by atoms with Gasteiger partial charge in [0, 0.05) is 31.5 Å². The Labute approximate surface area is 145 Å². The molecule has 0 fully saturated rings. The number of aromatic nitrogens is 2. The van der Waals surface area contributed by atoms with Crippen molar-refractivity contribution in [1.29, 1.82) is 0 Å². The molecule has 8 heteroatoms. The molecule has 0 saturated carbocycles. The number of methoxy groups -OCH3 is 1. The quantitative estimate of drug-likeness (QED) is 0.681. The Hall–Kier alpha value is -2.87. The smallest absolute Gasteiger partial charge is 0.324 e. The summed E-state index contributed by atoms with van der Waals surface area (Å²) in [7, 11) is 1.62. The molecule has 0 spiro atoms. The predicted molar refractivity (Wildman–Crippen MR) is 93.9 cm³/mol. The Balaban J connectivity index is 1.92. The second-order valence-corrected chi connectivity index (χ2v) is 5.66. The molecule has 0 aliphatic carbocycles. The van der Waals surface area contributed by atoms with Crippen LogP contribution in [0.1, 0.15) is 24.9 Å². The first-order valence-electron chi connectivity index (χ1n) is 7.90. The highest BCUT2D eigenvalue weighted by Gasteiger charge is 2.09. The number of hydrogen-bond acceptors (Lipinski definition) is 4. The maximum atomic E-state index is 12.1. The Bertz CT molecular complexity index is 729. The first kappa shape index (κ1) is 18.5. The number of nitrogens with zero attached hydrogens (tertiary/aromatic N) is 2. The lowest BCUT2D eigenvalue weighted by Crippen LogP contribution is -2.20. The van der Waals surface area contributed by atoms with E-state index in [1.807, 2.05) is 13.0 Å². The molecule has 1 unspecified atom stereocenters. The molecule has 3 N–H and O–H groups in total. The molecule has 1 aromatic heterocycles. The largest absolute Gasteiger partial charge is 0.481 e. The van der Waals surface area contributed by atoms with Gasteiger partial charge in [-0.3, -0.25) is 14.8 Å². The van der Waals surface area contributed by atoms with Crippen LogP contribution in [-0.4, -0.2) is 40.6 Å². The summed E-state index contributed by atoms with van der Waals surface area (Å²) in [5.41, 5.74) is 1.44. The van der Waals surface area contributed by atoms with Crippen molar-refractivity contribution in [2.75, 3.05) is 24.4 Å². The minimum atomic E-state index is -0.852. The van der Waals surface area contributed by atoms with Crippen LogP contribution in [-0.2, 0) is 16.0 Å². The van der Waals surface area contributed by atoms with E-state index < -0.39 is 12.0 Å². The molecule has 2 amide bonds. The third-order valence-electron chi connectivity index (χ3n) is 3.52. The summed E-state index contributed by atoms with van der Waals surface area (Å²) in [6.45, 7) is 2.49. The van der Waals surface area contributed by atoms with Gasteiger partial charge in [0.25, 0.3) is 0 Å². The van der Waals surface area contributed by atoms with Gasteiger partial charge in [-0.25, -0.2) is 4.79 Å². The molecule has 1 atom stereocenters. The highest BCUT2D eigenvalue weighted by molar-refractivity contribution is 5.99. The van der Waals surface area contributed by atoms with Gasteiger partial charge < -0.3 is 15.2 Å². The molecule has 0 bridgehead atoms. The van der Waals surface area contributed by atoms with Gasteiger partial charge in [0.1, 0.15) is 0 Å². The number of rotatable bonds is 8. The Morgan fingerprint density at radius 1 is 1.32 bits per heavy atom. The number of aryl methyl sites for hydroxylation is 1. The summed E-state index contributed by atoms with van der Waals surface area (Å²) in [5.74, 6) is -0.420. The molecule has 25 heavy (non-hydrogen) atoms. The van der Waals surface area contributed by atoms with E-state index in [9.17, 15) is 9.59 Å². The maximum Gasteiger partial charge on any atom is 0.324 e. The second kappa shape index (κ2) is 8.84. The topological polar surface area (TPSA) is 105 Å². The van der Waals surface area contributed by atoms with Gasteiger partial charge in [-0.05, 0) is 31.0 Å². The van der Waals surface area contributed by atoms with Crippen molar-refractivity contribution in [3.05, 3.63) is 42.1 Å². The van der Waals surface area contributed by atoms with E-state index in [1.54, 1.807) is 42.3 Å². The van der Waals surface area contributed by atoms with Gasteiger partial charge in [-0.15, -0.1) is 0 Å². The van der Waals surface area contributed by atoms with E-state index in [4.69, 9.17) is 9.84 Å². The maximum absolute atomic E-state index is 12.1. The minimum absolute atomic E-state index is 0.0484. The summed E-state index contributed by atoms with van der Waals surface area (Å²) in [4.78, 5) is 22.7. The van der Waals surface area contributed by atoms with E-state index in [1.165, 1.54) is 0 Å². The summed E-state index contributed by atoms with van der Waals surface area (Å²) in [6, 6.07) is 8.44.